The normalized spacial score (nSPS) is 10.4. The number of para-hydroxylation sites is 2. The van der Waals surface area contributed by atoms with Crippen LogP contribution in [0.1, 0.15) is 5.56 Å². The summed E-state index contributed by atoms with van der Waals surface area (Å²) < 4.78 is 12.8. The average Bonchev–Trinajstić information content (AvgIpc) is 2.87. The van der Waals surface area contributed by atoms with Crippen molar-refractivity contribution in [1.82, 2.24) is 15.1 Å². The largest absolute Gasteiger partial charge is 0.493 e. The Labute approximate surface area is 113 Å². The minimum atomic E-state index is 0.557. The van der Waals surface area contributed by atoms with Crippen LogP contribution in [0.2, 0.25) is 0 Å². The van der Waals surface area contributed by atoms with Crippen molar-refractivity contribution in [2.45, 2.75) is 13.1 Å². The Morgan fingerprint density at radius 1 is 1.26 bits per heavy atom. The average molecular weight is 261 g/mol. The topological polar surface area (TPSA) is 48.3 Å². The first-order valence-corrected chi connectivity index (χ1v) is 6.25. The molecule has 2 rings (SSSR count). The van der Waals surface area contributed by atoms with Gasteiger partial charge in [0.2, 0.25) is 0 Å². The second kappa shape index (κ2) is 6.80. The number of methoxy groups -OCH3 is 1. The first-order valence-electron chi connectivity index (χ1n) is 6.25. The molecule has 0 aliphatic carbocycles. The smallest absolute Gasteiger partial charge is 0.161 e. The van der Waals surface area contributed by atoms with Crippen LogP contribution in [0.15, 0.2) is 36.7 Å². The highest BCUT2D eigenvalue weighted by atomic mass is 16.5. The lowest BCUT2D eigenvalue weighted by Gasteiger charge is -2.10. The van der Waals surface area contributed by atoms with Crippen LogP contribution in [0.4, 0.5) is 0 Å². The second-order valence-corrected chi connectivity index (χ2v) is 4.14. The molecule has 0 spiro atoms. The van der Waals surface area contributed by atoms with E-state index in [1.165, 1.54) is 5.56 Å². The lowest BCUT2D eigenvalue weighted by atomic mass is 10.3. The van der Waals surface area contributed by atoms with Crippen LogP contribution in [-0.4, -0.2) is 30.5 Å². The molecule has 1 heterocycles. The molecule has 0 fully saturated rings. The molecule has 1 aromatic heterocycles. The molecule has 0 saturated heterocycles. The van der Waals surface area contributed by atoms with Gasteiger partial charge in [0, 0.05) is 18.3 Å². The number of aromatic nitrogens is 2. The van der Waals surface area contributed by atoms with Crippen molar-refractivity contribution in [3.05, 3.63) is 42.2 Å². The van der Waals surface area contributed by atoms with Gasteiger partial charge in [0.05, 0.1) is 19.9 Å². The van der Waals surface area contributed by atoms with Crippen molar-refractivity contribution in [2.24, 2.45) is 0 Å². The molecular weight excluding hydrogens is 242 g/mol. The van der Waals surface area contributed by atoms with Crippen LogP contribution in [0.5, 0.6) is 11.5 Å². The fourth-order valence-electron chi connectivity index (χ4n) is 1.81. The Kier molecular flexibility index (Phi) is 4.80. The highest BCUT2D eigenvalue weighted by molar-refractivity contribution is 5.39. The number of rotatable bonds is 7. The van der Waals surface area contributed by atoms with Crippen LogP contribution in [-0.2, 0) is 13.1 Å². The Bertz CT molecular complexity index is 511. The number of hydrogen-bond acceptors (Lipinski definition) is 4. The molecule has 0 saturated carbocycles. The van der Waals surface area contributed by atoms with Crippen LogP contribution in [0.25, 0.3) is 0 Å². The second-order valence-electron chi connectivity index (χ2n) is 4.14. The van der Waals surface area contributed by atoms with Gasteiger partial charge in [-0.25, -0.2) is 0 Å². The van der Waals surface area contributed by atoms with Crippen molar-refractivity contribution in [1.29, 1.82) is 0 Å². The predicted molar refractivity (Wildman–Crippen MR) is 73.5 cm³/mol. The van der Waals surface area contributed by atoms with Crippen molar-refractivity contribution in [3.63, 3.8) is 0 Å². The molecule has 19 heavy (non-hydrogen) atoms. The zero-order valence-corrected chi connectivity index (χ0v) is 11.3. The summed E-state index contributed by atoms with van der Waals surface area (Å²) in [5.41, 5.74) is 1.17. The van der Waals surface area contributed by atoms with Gasteiger partial charge in [-0.15, -0.1) is 0 Å². The minimum absolute atomic E-state index is 0.557. The van der Waals surface area contributed by atoms with E-state index in [0.717, 1.165) is 18.0 Å². The third-order valence-corrected chi connectivity index (χ3v) is 2.71. The van der Waals surface area contributed by atoms with Gasteiger partial charge >= 0.3 is 0 Å². The number of hydrogen-bond donors (Lipinski definition) is 1. The molecule has 0 atom stereocenters. The summed E-state index contributed by atoms with van der Waals surface area (Å²) in [6, 6.07) is 7.63. The molecule has 1 aromatic carbocycles. The Morgan fingerprint density at radius 3 is 2.79 bits per heavy atom. The van der Waals surface area contributed by atoms with Gasteiger partial charge in [0.15, 0.2) is 11.5 Å². The monoisotopic (exact) mass is 261 g/mol. The summed E-state index contributed by atoms with van der Waals surface area (Å²) in [7, 11) is 3.56. The minimum Gasteiger partial charge on any atom is -0.493 e. The van der Waals surface area contributed by atoms with Crippen LogP contribution in [0, 0.1) is 0 Å². The first-order chi connectivity index (χ1) is 9.33. The van der Waals surface area contributed by atoms with E-state index in [4.69, 9.17) is 9.47 Å². The molecule has 1 N–H and O–H groups in total. The first kappa shape index (κ1) is 13.4. The molecule has 0 unspecified atom stereocenters. The highest BCUT2D eigenvalue weighted by Gasteiger charge is 2.03. The molecule has 0 aliphatic heterocycles. The van der Waals surface area contributed by atoms with E-state index in [1.54, 1.807) is 7.11 Å². The van der Waals surface area contributed by atoms with Crippen molar-refractivity contribution in [2.75, 3.05) is 20.8 Å². The molecule has 0 aliphatic rings. The summed E-state index contributed by atoms with van der Waals surface area (Å²) in [5.74, 6) is 1.51. The highest BCUT2D eigenvalue weighted by Crippen LogP contribution is 2.25. The van der Waals surface area contributed by atoms with Crippen LogP contribution >= 0.6 is 0 Å². The summed E-state index contributed by atoms with van der Waals surface area (Å²) in [5, 5.41) is 7.37. The standard InChI is InChI=1S/C14H19N3O2/c1-15-9-12-10-16-17(11-12)7-8-19-14-6-4-3-5-13(14)18-2/h3-6,10-11,15H,7-9H2,1-2H3. The zero-order valence-electron chi connectivity index (χ0n) is 11.3. The van der Waals surface area contributed by atoms with Crippen LogP contribution < -0.4 is 14.8 Å². The molecule has 0 amide bonds. The van der Waals surface area contributed by atoms with Gasteiger partial charge < -0.3 is 14.8 Å². The van der Waals surface area contributed by atoms with Crippen molar-refractivity contribution in [3.8, 4) is 11.5 Å². The lowest BCUT2D eigenvalue weighted by Crippen LogP contribution is -2.09. The van der Waals surface area contributed by atoms with E-state index in [1.807, 2.05) is 48.4 Å². The van der Waals surface area contributed by atoms with Crippen LogP contribution in [0.3, 0.4) is 0 Å². The van der Waals surface area contributed by atoms with E-state index in [2.05, 4.69) is 10.4 Å². The van der Waals surface area contributed by atoms with E-state index in [-0.39, 0.29) is 0 Å². The zero-order chi connectivity index (χ0) is 13.5. The van der Waals surface area contributed by atoms with Gasteiger partial charge in [-0.05, 0) is 19.2 Å². The number of ether oxygens (including phenoxy) is 2. The maximum atomic E-state index is 5.70. The lowest BCUT2D eigenvalue weighted by molar-refractivity contribution is 0.274. The summed E-state index contributed by atoms with van der Waals surface area (Å²) >= 11 is 0. The third kappa shape index (κ3) is 3.72. The molecule has 5 heteroatoms. The predicted octanol–water partition coefficient (Wildman–Crippen LogP) is 1.69. The van der Waals surface area contributed by atoms with E-state index < -0.39 is 0 Å². The summed E-state index contributed by atoms with van der Waals surface area (Å²) in [6.07, 6.45) is 3.88. The maximum absolute atomic E-state index is 5.70. The van der Waals surface area contributed by atoms with Gasteiger partial charge in [0.25, 0.3) is 0 Å². The summed E-state index contributed by atoms with van der Waals surface area (Å²) in [6.45, 7) is 2.09. The number of benzene rings is 1. The van der Waals surface area contributed by atoms with E-state index in [0.29, 0.717) is 13.2 Å². The van der Waals surface area contributed by atoms with Crippen molar-refractivity contribution >= 4 is 0 Å². The molecule has 0 radical (unpaired) electrons. The summed E-state index contributed by atoms with van der Waals surface area (Å²) in [4.78, 5) is 0. The molecule has 2 aromatic rings. The third-order valence-electron chi connectivity index (χ3n) is 2.71. The van der Waals surface area contributed by atoms with E-state index >= 15 is 0 Å². The van der Waals surface area contributed by atoms with Crippen molar-refractivity contribution < 1.29 is 9.47 Å². The van der Waals surface area contributed by atoms with Gasteiger partial charge in [-0.3, -0.25) is 4.68 Å². The van der Waals surface area contributed by atoms with E-state index in [9.17, 15) is 0 Å². The Hall–Kier alpha value is -2.01. The van der Waals surface area contributed by atoms with Gasteiger partial charge in [0.1, 0.15) is 6.61 Å². The molecule has 0 bridgehead atoms. The Balaban J connectivity index is 1.85. The maximum Gasteiger partial charge on any atom is 0.161 e. The number of nitrogens with zero attached hydrogens (tertiary/aromatic N) is 2. The fraction of sp³-hybridized carbons (Fsp3) is 0.357. The van der Waals surface area contributed by atoms with Gasteiger partial charge in [-0.2, -0.15) is 5.10 Å². The SMILES string of the molecule is CNCc1cnn(CCOc2ccccc2OC)c1. The molecular formula is C14H19N3O2. The molecule has 5 nitrogen and oxygen atoms in total. The molecule has 102 valence electrons. The fourth-order valence-corrected chi connectivity index (χ4v) is 1.81. The Morgan fingerprint density at radius 2 is 2.05 bits per heavy atom. The van der Waals surface area contributed by atoms with Gasteiger partial charge in [-0.1, -0.05) is 12.1 Å². The quantitative estimate of drug-likeness (QED) is 0.824. The number of nitrogens with one attached hydrogen (secondary N) is 1.